The maximum Gasteiger partial charge on any atom is 0.0839 e. The highest BCUT2D eigenvalue weighted by Crippen LogP contribution is 2.12. The largest absolute Gasteiger partial charge is 0.377 e. The smallest absolute Gasteiger partial charge is 0.0839 e. The van der Waals surface area contributed by atoms with Crippen LogP contribution in [0.3, 0.4) is 0 Å². The molecule has 12 heavy (non-hydrogen) atoms. The second-order valence-corrected chi connectivity index (χ2v) is 3.64. The molecule has 0 spiro atoms. The summed E-state index contributed by atoms with van der Waals surface area (Å²) in [6.07, 6.45) is 4.62. The molecule has 2 heterocycles. The Labute approximate surface area is 74.1 Å². The van der Waals surface area contributed by atoms with E-state index in [2.05, 4.69) is 10.2 Å². The summed E-state index contributed by atoms with van der Waals surface area (Å²) in [6, 6.07) is 0. The molecule has 70 valence electrons. The van der Waals surface area contributed by atoms with Crippen LogP contribution in [-0.4, -0.2) is 43.9 Å². The van der Waals surface area contributed by atoms with E-state index in [1.54, 1.807) is 0 Å². The monoisotopic (exact) mass is 170 g/mol. The standard InChI is InChI=1S/C9H18N2O/c1-2-5-11(6-3-1)9-8-12-7-4-10-9/h9-10H,1-8H2. The van der Waals surface area contributed by atoms with Gasteiger partial charge in [0.25, 0.3) is 0 Å². The SMILES string of the molecule is C1CCN(C2COCCN2)CC1. The zero-order valence-corrected chi connectivity index (χ0v) is 7.59. The zero-order chi connectivity index (χ0) is 8.23. The van der Waals surface area contributed by atoms with E-state index >= 15 is 0 Å². The number of likely N-dealkylation sites (tertiary alicyclic amines) is 1. The minimum absolute atomic E-state index is 0.499. The van der Waals surface area contributed by atoms with Crippen LogP contribution in [0.25, 0.3) is 0 Å². The van der Waals surface area contributed by atoms with Crippen molar-refractivity contribution in [1.29, 1.82) is 0 Å². The molecule has 0 aliphatic carbocycles. The van der Waals surface area contributed by atoms with Gasteiger partial charge in [0.2, 0.25) is 0 Å². The molecule has 2 fully saturated rings. The average Bonchev–Trinajstić information content (AvgIpc) is 2.21. The van der Waals surface area contributed by atoms with Crippen LogP contribution in [0.1, 0.15) is 19.3 Å². The lowest BCUT2D eigenvalue weighted by Gasteiger charge is -2.37. The predicted molar refractivity (Wildman–Crippen MR) is 48.0 cm³/mol. The van der Waals surface area contributed by atoms with Crippen molar-refractivity contribution in [3.8, 4) is 0 Å². The Kier molecular flexibility index (Phi) is 2.98. The third kappa shape index (κ3) is 1.97. The van der Waals surface area contributed by atoms with Crippen LogP contribution in [0.5, 0.6) is 0 Å². The van der Waals surface area contributed by atoms with Gasteiger partial charge >= 0.3 is 0 Å². The molecule has 2 saturated heterocycles. The molecule has 2 rings (SSSR count). The first-order valence-electron chi connectivity index (χ1n) is 5.02. The van der Waals surface area contributed by atoms with E-state index in [1.807, 2.05) is 0 Å². The fraction of sp³-hybridized carbons (Fsp3) is 1.00. The predicted octanol–water partition coefficient (Wildman–Crippen LogP) is 0.418. The second kappa shape index (κ2) is 4.21. The number of ether oxygens (including phenoxy) is 1. The van der Waals surface area contributed by atoms with Gasteiger partial charge < -0.3 is 4.74 Å². The van der Waals surface area contributed by atoms with Crippen LogP contribution in [0, 0.1) is 0 Å². The van der Waals surface area contributed by atoms with E-state index in [4.69, 9.17) is 4.74 Å². The lowest BCUT2D eigenvalue weighted by molar-refractivity contribution is 0.00212. The molecule has 0 aromatic heterocycles. The van der Waals surface area contributed by atoms with Crippen molar-refractivity contribution in [2.75, 3.05) is 32.8 Å². The summed E-state index contributed by atoms with van der Waals surface area (Å²) in [4.78, 5) is 2.52. The van der Waals surface area contributed by atoms with Crippen LogP contribution in [0.2, 0.25) is 0 Å². The quantitative estimate of drug-likeness (QED) is 0.617. The lowest BCUT2D eigenvalue weighted by atomic mass is 10.1. The molecule has 0 aromatic carbocycles. The molecule has 0 bridgehead atoms. The summed E-state index contributed by atoms with van der Waals surface area (Å²) < 4.78 is 5.43. The maximum absolute atomic E-state index is 5.43. The van der Waals surface area contributed by atoms with Crippen molar-refractivity contribution in [2.45, 2.75) is 25.4 Å². The number of piperidine rings is 1. The third-order valence-corrected chi connectivity index (χ3v) is 2.73. The van der Waals surface area contributed by atoms with Gasteiger partial charge in [-0.1, -0.05) is 6.42 Å². The van der Waals surface area contributed by atoms with Crippen molar-refractivity contribution in [2.24, 2.45) is 0 Å². The second-order valence-electron chi connectivity index (χ2n) is 3.64. The maximum atomic E-state index is 5.43. The third-order valence-electron chi connectivity index (χ3n) is 2.73. The van der Waals surface area contributed by atoms with Crippen LogP contribution in [0.4, 0.5) is 0 Å². The molecule has 3 heteroatoms. The Morgan fingerprint density at radius 1 is 1.17 bits per heavy atom. The number of hydrogen-bond donors (Lipinski definition) is 1. The van der Waals surface area contributed by atoms with Crippen molar-refractivity contribution in [3.05, 3.63) is 0 Å². The van der Waals surface area contributed by atoms with Gasteiger partial charge in [0.1, 0.15) is 0 Å². The molecule has 2 aliphatic rings. The topological polar surface area (TPSA) is 24.5 Å². The minimum Gasteiger partial charge on any atom is -0.377 e. The first kappa shape index (κ1) is 8.48. The lowest BCUT2D eigenvalue weighted by Crippen LogP contribution is -2.54. The highest BCUT2D eigenvalue weighted by atomic mass is 16.5. The first-order valence-corrected chi connectivity index (χ1v) is 5.02. The Morgan fingerprint density at radius 2 is 2.00 bits per heavy atom. The summed E-state index contributed by atoms with van der Waals surface area (Å²) in [5.41, 5.74) is 0. The molecule has 0 amide bonds. The van der Waals surface area contributed by atoms with E-state index in [-0.39, 0.29) is 0 Å². The molecule has 0 saturated carbocycles. The van der Waals surface area contributed by atoms with Crippen molar-refractivity contribution >= 4 is 0 Å². The highest BCUT2D eigenvalue weighted by Gasteiger charge is 2.21. The van der Waals surface area contributed by atoms with Crippen LogP contribution < -0.4 is 5.32 Å². The number of nitrogens with zero attached hydrogens (tertiary/aromatic N) is 1. The molecule has 2 aliphatic heterocycles. The van der Waals surface area contributed by atoms with E-state index < -0.39 is 0 Å². The van der Waals surface area contributed by atoms with Gasteiger partial charge in [0.05, 0.1) is 19.4 Å². The van der Waals surface area contributed by atoms with Gasteiger partial charge in [-0.05, 0) is 25.9 Å². The molecule has 1 atom stereocenters. The Bertz CT molecular complexity index is 112. The summed E-state index contributed by atoms with van der Waals surface area (Å²) in [5.74, 6) is 0. The fourth-order valence-electron chi connectivity index (χ4n) is 2.02. The average molecular weight is 170 g/mol. The van der Waals surface area contributed by atoms with Crippen LogP contribution in [-0.2, 0) is 4.74 Å². The van der Waals surface area contributed by atoms with Gasteiger partial charge in [-0.25, -0.2) is 0 Å². The minimum atomic E-state index is 0.499. The van der Waals surface area contributed by atoms with Gasteiger partial charge in [0, 0.05) is 6.54 Å². The molecule has 0 aromatic rings. The van der Waals surface area contributed by atoms with Gasteiger partial charge in [0.15, 0.2) is 0 Å². The summed E-state index contributed by atoms with van der Waals surface area (Å²) in [7, 11) is 0. The number of hydrogen-bond acceptors (Lipinski definition) is 3. The van der Waals surface area contributed by atoms with Crippen LogP contribution >= 0.6 is 0 Å². The molecule has 1 N–H and O–H groups in total. The van der Waals surface area contributed by atoms with Gasteiger partial charge in [-0.2, -0.15) is 0 Å². The zero-order valence-electron chi connectivity index (χ0n) is 7.59. The number of nitrogens with one attached hydrogen (secondary N) is 1. The fourth-order valence-corrected chi connectivity index (χ4v) is 2.02. The van der Waals surface area contributed by atoms with Gasteiger partial charge in [-0.3, -0.25) is 10.2 Å². The number of rotatable bonds is 1. The first-order chi connectivity index (χ1) is 5.97. The Morgan fingerprint density at radius 3 is 2.67 bits per heavy atom. The number of morpholine rings is 1. The van der Waals surface area contributed by atoms with E-state index in [0.717, 1.165) is 19.8 Å². The summed E-state index contributed by atoms with van der Waals surface area (Å²) in [5, 5.41) is 3.49. The Balaban J connectivity index is 1.80. The van der Waals surface area contributed by atoms with Crippen LogP contribution in [0.15, 0.2) is 0 Å². The molecular formula is C9H18N2O. The summed E-state index contributed by atoms with van der Waals surface area (Å²) in [6.45, 7) is 5.27. The molecular weight excluding hydrogens is 152 g/mol. The Hall–Kier alpha value is -0.120. The summed E-state index contributed by atoms with van der Waals surface area (Å²) >= 11 is 0. The van der Waals surface area contributed by atoms with E-state index in [9.17, 15) is 0 Å². The van der Waals surface area contributed by atoms with E-state index in [0.29, 0.717) is 6.17 Å². The molecule has 3 nitrogen and oxygen atoms in total. The van der Waals surface area contributed by atoms with Gasteiger partial charge in [-0.15, -0.1) is 0 Å². The van der Waals surface area contributed by atoms with Crippen molar-refractivity contribution < 1.29 is 4.74 Å². The van der Waals surface area contributed by atoms with Crippen molar-refractivity contribution in [1.82, 2.24) is 10.2 Å². The molecule has 1 unspecified atom stereocenters. The normalized spacial score (nSPS) is 33.5. The highest BCUT2D eigenvalue weighted by molar-refractivity contribution is 4.75. The molecule has 0 radical (unpaired) electrons. The van der Waals surface area contributed by atoms with E-state index in [1.165, 1.54) is 32.4 Å². The van der Waals surface area contributed by atoms with Crippen molar-refractivity contribution in [3.63, 3.8) is 0 Å².